The molecular weight excluding hydrogens is 386 g/mol. The van der Waals surface area contributed by atoms with Crippen molar-refractivity contribution < 1.29 is 9.59 Å². The smallest absolute Gasteiger partial charge is 0.322 e. The van der Waals surface area contributed by atoms with Gasteiger partial charge in [-0.3, -0.25) is 4.79 Å². The molecule has 2 N–H and O–H groups in total. The number of nitrogens with one attached hydrogen (secondary N) is 2. The molecule has 1 atom stereocenters. The number of hydrogen-bond donors (Lipinski definition) is 2. The molecular formula is C26H31N3O2. The second kappa shape index (κ2) is 10.6. The molecule has 0 saturated heterocycles. The molecule has 31 heavy (non-hydrogen) atoms. The van der Waals surface area contributed by atoms with Crippen molar-refractivity contribution in [3.8, 4) is 0 Å². The number of hydrogen-bond acceptors (Lipinski definition) is 2. The number of carbonyl (C=O) groups excluding carboxylic acids is 2. The maximum atomic E-state index is 12.9. The molecule has 1 unspecified atom stereocenters. The lowest BCUT2D eigenvalue weighted by Crippen LogP contribution is -2.42. The van der Waals surface area contributed by atoms with Gasteiger partial charge in [0.1, 0.15) is 0 Å². The Bertz CT molecular complexity index is 1030. The van der Waals surface area contributed by atoms with E-state index in [1.54, 1.807) is 4.90 Å². The first-order valence-corrected chi connectivity index (χ1v) is 10.9. The molecule has 3 rings (SSSR count). The van der Waals surface area contributed by atoms with Gasteiger partial charge in [-0.05, 0) is 60.4 Å². The van der Waals surface area contributed by atoms with Gasteiger partial charge < -0.3 is 15.5 Å². The number of aryl methyl sites for hydroxylation is 1. The molecule has 3 aromatic rings. The second-order valence-electron chi connectivity index (χ2n) is 7.79. The summed E-state index contributed by atoms with van der Waals surface area (Å²) in [6.45, 7) is 6.49. The highest BCUT2D eigenvalue weighted by Gasteiger charge is 2.20. The van der Waals surface area contributed by atoms with Gasteiger partial charge in [0.25, 0.3) is 0 Å². The monoisotopic (exact) mass is 417 g/mol. The van der Waals surface area contributed by atoms with Crippen LogP contribution in [0.25, 0.3) is 10.8 Å². The lowest BCUT2D eigenvalue weighted by atomic mass is 10.1. The van der Waals surface area contributed by atoms with E-state index in [0.29, 0.717) is 6.54 Å². The number of carbonyl (C=O) groups is 2. The van der Waals surface area contributed by atoms with Crippen molar-refractivity contribution in [2.24, 2.45) is 0 Å². The van der Waals surface area contributed by atoms with E-state index in [1.165, 1.54) is 5.56 Å². The summed E-state index contributed by atoms with van der Waals surface area (Å²) < 4.78 is 0. The van der Waals surface area contributed by atoms with Crippen LogP contribution in [0.1, 0.15) is 39.2 Å². The highest BCUT2D eigenvalue weighted by molar-refractivity contribution is 5.95. The number of nitrogens with zero attached hydrogens (tertiary/aromatic N) is 1. The Hall–Kier alpha value is -3.34. The first-order valence-electron chi connectivity index (χ1n) is 10.9. The highest BCUT2D eigenvalue weighted by Crippen LogP contribution is 2.19. The lowest BCUT2D eigenvalue weighted by molar-refractivity contribution is -0.116. The van der Waals surface area contributed by atoms with Gasteiger partial charge in [0.2, 0.25) is 5.91 Å². The summed E-state index contributed by atoms with van der Waals surface area (Å²) in [5.74, 6) is -0.108. The average Bonchev–Trinajstić information content (AvgIpc) is 2.79. The largest absolute Gasteiger partial charge is 0.326 e. The molecule has 3 amide bonds. The summed E-state index contributed by atoms with van der Waals surface area (Å²) >= 11 is 0. The number of rotatable bonds is 8. The van der Waals surface area contributed by atoms with Crippen LogP contribution in [0.5, 0.6) is 0 Å². The first-order chi connectivity index (χ1) is 15.0. The van der Waals surface area contributed by atoms with Gasteiger partial charge in [0.05, 0.1) is 0 Å². The molecule has 0 heterocycles. The Morgan fingerprint density at radius 2 is 1.55 bits per heavy atom. The number of fused-ring (bicyclic) bond motifs is 1. The summed E-state index contributed by atoms with van der Waals surface area (Å²) in [6.07, 6.45) is 2.01. The zero-order chi connectivity index (χ0) is 22.2. The molecule has 0 aliphatic carbocycles. The van der Waals surface area contributed by atoms with E-state index in [0.717, 1.165) is 35.0 Å². The second-order valence-corrected chi connectivity index (χ2v) is 7.79. The summed E-state index contributed by atoms with van der Waals surface area (Å²) in [5, 5.41) is 8.12. The van der Waals surface area contributed by atoms with E-state index in [-0.39, 0.29) is 24.4 Å². The zero-order valence-electron chi connectivity index (χ0n) is 18.5. The predicted molar refractivity (Wildman–Crippen MR) is 128 cm³/mol. The molecule has 3 aromatic carbocycles. The maximum absolute atomic E-state index is 12.9. The van der Waals surface area contributed by atoms with Gasteiger partial charge in [0.15, 0.2) is 0 Å². The normalized spacial score (nSPS) is 11.7. The van der Waals surface area contributed by atoms with Crippen LogP contribution in [0, 0.1) is 0 Å². The third-order valence-electron chi connectivity index (χ3n) is 5.61. The summed E-state index contributed by atoms with van der Waals surface area (Å²) in [5.41, 5.74) is 2.75. The van der Waals surface area contributed by atoms with E-state index < -0.39 is 0 Å². The van der Waals surface area contributed by atoms with Crippen LogP contribution >= 0.6 is 0 Å². The van der Waals surface area contributed by atoms with E-state index in [1.807, 2.05) is 80.6 Å². The van der Waals surface area contributed by atoms with Crippen LogP contribution in [-0.2, 0) is 11.2 Å². The number of amides is 3. The molecule has 0 aliphatic rings. The van der Waals surface area contributed by atoms with E-state index in [2.05, 4.69) is 17.6 Å². The van der Waals surface area contributed by atoms with Gasteiger partial charge in [-0.15, -0.1) is 0 Å². The summed E-state index contributed by atoms with van der Waals surface area (Å²) in [4.78, 5) is 27.1. The molecule has 0 radical (unpaired) electrons. The Kier molecular flexibility index (Phi) is 7.65. The summed E-state index contributed by atoms with van der Waals surface area (Å²) in [6, 6.07) is 21.6. The van der Waals surface area contributed by atoms with Crippen molar-refractivity contribution in [2.45, 2.75) is 46.1 Å². The maximum Gasteiger partial charge on any atom is 0.322 e. The number of anilines is 2. The van der Waals surface area contributed by atoms with Gasteiger partial charge in [-0.2, -0.15) is 0 Å². The summed E-state index contributed by atoms with van der Waals surface area (Å²) in [7, 11) is 0. The van der Waals surface area contributed by atoms with Crippen LogP contribution in [0.15, 0.2) is 66.7 Å². The standard InChI is InChI=1S/C26H31N3O2/c1-4-19(3)29(26(31)28-23-13-10-20(5-2)11-14-23)17-16-25(30)27-24-15-12-21-8-6-7-9-22(21)18-24/h6-15,18-19H,4-5,16-17H2,1-3H3,(H,27,30)(H,28,31). The molecule has 0 aliphatic heterocycles. The van der Waals surface area contributed by atoms with Gasteiger partial charge in [0, 0.05) is 30.4 Å². The average molecular weight is 418 g/mol. The fraction of sp³-hybridized carbons (Fsp3) is 0.308. The zero-order valence-corrected chi connectivity index (χ0v) is 18.5. The third kappa shape index (κ3) is 6.07. The number of benzene rings is 3. The van der Waals surface area contributed by atoms with Gasteiger partial charge in [-0.1, -0.05) is 56.3 Å². The van der Waals surface area contributed by atoms with E-state index in [9.17, 15) is 9.59 Å². The fourth-order valence-corrected chi connectivity index (χ4v) is 3.47. The van der Waals surface area contributed by atoms with Crippen molar-refractivity contribution in [1.82, 2.24) is 4.90 Å². The Balaban J connectivity index is 1.60. The molecule has 0 fully saturated rings. The van der Waals surface area contributed by atoms with E-state index in [4.69, 9.17) is 0 Å². The molecule has 0 bridgehead atoms. The van der Waals surface area contributed by atoms with Gasteiger partial charge in [-0.25, -0.2) is 4.79 Å². The van der Waals surface area contributed by atoms with Crippen LogP contribution in [-0.4, -0.2) is 29.4 Å². The van der Waals surface area contributed by atoms with Crippen molar-refractivity contribution in [3.05, 3.63) is 72.3 Å². The van der Waals surface area contributed by atoms with Crippen LogP contribution in [0.4, 0.5) is 16.2 Å². The highest BCUT2D eigenvalue weighted by atomic mass is 16.2. The Morgan fingerprint density at radius 3 is 2.23 bits per heavy atom. The minimum Gasteiger partial charge on any atom is -0.326 e. The van der Waals surface area contributed by atoms with Gasteiger partial charge >= 0.3 is 6.03 Å². The minimum absolute atomic E-state index is 0.0309. The van der Waals surface area contributed by atoms with Crippen LogP contribution < -0.4 is 10.6 Å². The lowest BCUT2D eigenvalue weighted by Gasteiger charge is -2.28. The molecule has 0 saturated carbocycles. The molecule has 0 aromatic heterocycles. The van der Waals surface area contributed by atoms with Crippen molar-refractivity contribution in [2.75, 3.05) is 17.2 Å². The number of urea groups is 1. The molecule has 5 heteroatoms. The fourth-order valence-electron chi connectivity index (χ4n) is 3.47. The predicted octanol–water partition coefficient (Wildman–Crippen LogP) is 6.06. The molecule has 5 nitrogen and oxygen atoms in total. The van der Waals surface area contributed by atoms with Crippen molar-refractivity contribution in [3.63, 3.8) is 0 Å². The van der Waals surface area contributed by atoms with E-state index >= 15 is 0 Å². The quantitative estimate of drug-likeness (QED) is 0.468. The minimum atomic E-state index is -0.183. The molecule has 162 valence electrons. The molecule has 0 spiro atoms. The van der Waals surface area contributed by atoms with Crippen LogP contribution in [0.2, 0.25) is 0 Å². The Morgan fingerprint density at radius 1 is 0.871 bits per heavy atom. The third-order valence-corrected chi connectivity index (χ3v) is 5.61. The van der Waals surface area contributed by atoms with Crippen LogP contribution in [0.3, 0.4) is 0 Å². The van der Waals surface area contributed by atoms with Crippen molar-refractivity contribution in [1.29, 1.82) is 0 Å². The first kappa shape index (κ1) is 22.3. The SMILES string of the molecule is CCc1ccc(NC(=O)N(CCC(=O)Nc2ccc3ccccc3c2)C(C)CC)cc1. The topological polar surface area (TPSA) is 61.4 Å². The Labute approximate surface area is 184 Å². The van der Waals surface area contributed by atoms with Crippen molar-refractivity contribution >= 4 is 34.1 Å².